The highest BCUT2D eigenvalue weighted by Crippen LogP contribution is 2.22. The second-order valence-corrected chi connectivity index (χ2v) is 9.88. The number of sulfonamides is 1. The zero-order chi connectivity index (χ0) is 21.0. The van der Waals surface area contributed by atoms with Crippen LogP contribution >= 0.6 is 0 Å². The van der Waals surface area contributed by atoms with Gasteiger partial charge in [-0.2, -0.15) is 4.31 Å². The van der Waals surface area contributed by atoms with Crippen LogP contribution in [-0.2, 0) is 21.2 Å². The lowest BCUT2D eigenvalue weighted by Crippen LogP contribution is -3.10. The molecule has 0 radical (unpaired) electrons. The van der Waals surface area contributed by atoms with Crippen molar-refractivity contribution in [3.8, 4) is 0 Å². The molecule has 0 unspecified atom stereocenters. The van der Waals surface area contributed by atoms with Gasteiger partial charge in [-0.05, 0) is 42.3 Å². The standard InChI is InChI=1S/C22H29N3O3S/c1-17-6-4-5-7-18(17)16-22(26)23-19-8-10-21(11-9-19)29(27,28)25(3)20-12-14-24(2)15-13-20/h4-11,20H,12-16H2,1-3H3,(H,23,26)/p+1. The normalized spacial score (nSPS) is 19.9. The number of rotatable bonds is 6. The van der Waals surface area contributed by atoms with Crippen molar-refractivity contribution < 1.29 is 18.1 Å². The summed E-state index contributed by atoms with van der Waals surface area (Å²) in [5.74, 6) is -0.124. The van der Waals surface area contributed by atoms with Crippen LogP contribution in [0.15, 0.2) is 53.4 Å². The molecule has 0 saturated carbocycles. The Balaban J connectivity index is 1.64. The van der Waals surface area contributed by atoms with Gasteiger partial charge in [0.1, 0.15) is 0 Å². The molecule has 156 valence electrons. The molecule has 29 heavy (non-hydrogen) atoms. The van der Waals surface area contributed by atoms with E-state index in [0.717, 1.165) is 37.1 Å². The van der Waals surface area contributed by atoms with Gasteiger partial charge < -0.3 is 10.2 Å². The fraction of sp³-hybridized carbons (Fsp3) is 0.409. The van der Waals surface area contributed by atoms with Crippen LogP contribution in [0, 0.1) is 6.92 Å². The lowest BCUT2D eigenvalue weighted by molar-refractivity contribution is -0.885. The fourth-order valence-corrected chi connectivity index (χ4v) is 5.13. The molecule has 1 saturated heterocycles. The van der Waals surface area contributed by atoms with Crippen LogP contribution in [0.1, 0.15) is 24.0 Å². The third-order valence-electron chi connectivity index (χ3n) is 5.75. The van der Waals surface area contributed by atoms with Gasteiger partial charge in [-0.25, -0.2) is 8.42 Å². The van der Waals surface area contributed by atoms with Gasteiger partial charge in [0.05, 0.1) is 31.5 Å². The molecule has 0 atom stereocenters. The number of hydrogen-bond donors (Lipinski definition) is 2. The molecule has 3 rings (SSSR count). The molecule has 2 aromatic rings. The maximum absolute atomic E-state index is 13.0. The molecule has 0 aromatic heterocycles. The smallest absolute Gasteiger partial charge is 0.243 e. The number of carbonyl (C=O) groups excluding carboxylic acids is 1. The molecule has 1 aliphatic rings. The highest BCUT2D eigenvalue weighted by molar-refractivity contribution is 7.89. The monoisotopic (exact) mass is 416 g/mol. The van der Waals surface area contributed by atoms with Crippen molar-refractivity contribution in [1.29, 1.82) is 0 Å². The number of quaternary nitrogens is 1. The number of anilines is 1. The topological polar surface area (TPSA) is 70.9 Å². The number of carbonyl (C=O) groups is 1. The molecule has 1 fully saturated rings. The minimum atomic E-state index is -3.54. The number of nitrogens with zero attached hydrogens (tertiary/aromatic N) is 1. The molecule has 1 amide bonds. The van der Waals surface area contributed by atoms with E-state index in [0.29, 0.717) is 5.69 Å². The predicted molar refractivity (Wildman–Crippen MR) is 115 cm³/mol. The Kier molecular flexibility index (Phi) is 6.72. The number of amides is 1. The third kappa shape index (κ3) is 5.23. The Labute approximate surface area is 173 Å². The summed E-state index contributed by atoms with van der Waals surface area (Å²) in [7, 11) is 0.257. The van der Waals surface area contributed by atoms with E-state index < -0.39 is 10.0 Å². The number of piperidine rings is 1. The summed E-state index contributed by atoms with van der Waals surface area (Å²) in [6.07, 6.45) is 2.02. The highest BCUT2D eigenvalue weighted by Gasteiger charge is 2.31. The summed E-state index contributed by atoms with van der Waals surface area (Å²) in [6.45, 7) is 3.94. The van der Waals surface area contributed by atoms with Gasteiger partial charge in [0.2, 0.25) is 15.9 Å². The van der Waals surface area contributed by atoms with Gasteiger partial charge in [0, 0.05) is 31.6 Å². The second-order valence-electron chi connectivity index (χ2n) is 7.89. The molecule has 2 N–H and O–H groups in total. The number of nitrogens with one attached hydrogen (secondary N) is 2. The minimum Gasteiger partial charge on any atom is -0.337 e. The van der Waals surface area contributed by atoms with Crippen LogP contribution in [-0.4, -0.2) is 51.9 Å². The van der Waals surface area contributed by atoms with E-state index in [1.807, 2.05) is 31.2 Å². The zero-order valence-corrected chi connectivity index (χ0v) is 18.1. The Morgan fingerprint density at radius 1 is 1.10 bits per heavy atom. The number of aryl methyl sites for hydroxylation is 1. The van der Waals surface area contributed by atoms with Crippen molar-refractivity contribution in [3.05, 3.63) is 59.7 Å². The van der Waals surface area contributed by atoms with E-state index in [-0.39, 0.29) is 23.3 Å². The summed E-state index contributed by atoms with van der Waals surface area (Å²) < 4.78 is 27.4. The van der Waals surface area contributed by atoms with Crippen molar-refractivity contribution in [2.75, 3.05) is 32.5 Å². The van der Waals surface area contributed by atoms with E-state index in [4.69, 9.17) is 0 Å². The first-order valence-electron chi connectivity index (χ1n) is 10.0. The summed E-state index contributed by atoms with van der Waals surface area (Å²) in [6, 6.07) is 14.2. The Bertz CT molecular complexity index is 950. The zero-order valence-electron chi connectivity index (χ0n) is 17.3. The van der Waals surface area contributed by atoms with Crippen molar-refractivity contribution in [1.82, 2.24) is 4.31 Å². The predicted octanol–water partition coefficient (Wildman–Crippen LogP) is 1.47. The van der Waals surface area contributed by atoms with Gasteiger partial charge in [-0.3, -0.25) is 4.79 Å². The van der Waals surface area contributed by atoms with Crippen molar-refractivity contribution in [3.63, 3.8) is 0 Å². The lowest BCUT2D eigenvalue weighted by Gasteiger charge is -2.32. The van der Waals surface area contributed by atoms with Gasteiger partial charge in [0.15, 0.2) is 0 Å². The Morgan fingerprint density at radius 3 is 2.34 bits per heavy atom. The number of hydrogen-bond acceptors (Lipinski definition) is 3. The van der Waals surface area contributed by atoms with Gasteiger partial charge in [0.25, 0.3) is 0 Å². The molecule has 0 spiro atoms. The molecular weight excluding hydrogens is 386 g/mol. The Morgan fingerprint density at radius 2 is 1.72 bits per heavy atom. The van der Waals surface area contributed by atoms with E-state index >= 15 is 0 Å². The fourth-order valence-electron chi connectivity index (χ4n) is 3.72. The highest BCUT2D eigenvalue weighted by atomic mass is 32.2. The van der Waals surface area contributed by atoms with Gasteiger partial charge in [-0.15, -0.1) is 0 Å². The van der Waals surface area contributed by atoms with Gasteiger partial charge in [-0.1, -0.05) is 24.3 Å². The van der Waals surface area contributed by atoms with Crippen molar-refractivity contribution >= 4 is 21.6 Å². The average molecular weight is 417 g/mol. The third-order valence-corrected chi connectivity index (χ3v) is 7.67. The molecular formula is C22H30N3O3S+. The van der Waals surface area contributed by atoms with E-state index in [9.17, 15) is 13.2 Å². The lowest BCUT2D eigenvalue weighted by atomic mass is 10.1. The van der Waals surface area contributed by atoms with Crippen LogP contribution in [0.2, 0.25) is 0 Å². The summed E-state index contributed by atoms with van der Waals surface area (Å²) in [5, 5.41) is 2.84. The van der Waals surface area contributed by atoms with E-state index in [1.165, 1.54) is 9.21 Å². The van der Waals surface area contributed by atoms with Crippen LogP contribution in [0.25, 0.3) is 0 Å². The first-order chi connectivity index (χ1) is 13.8. The first-order valence-corrected chi connectivity index (χ1v) is 11.4. The molecule has 7 heteroatoms. The molecule has 1 heterocycles. The van der Waals surface area contributed by atoms with Crippen LogP contribution in [0.4, 0.5) is 5.69 Å². The Hall–Kier alpha value is -2.22. The van der Waals surface area contributed by atoms with Gasteiger partial charge >= 0.3 is 0 Å². The molecule has 1 aliphatic heterocycles. The van der Waals surface area contributed by atoms with Crippen LogP contribution < -0.4 is 10.2 Å². The second kappa shape index (κ2) is 9.07. The van der Waals surface area contributed by atoms with Crippen molar-refractivity contribution in [2.24, 2.45) is 0 Å². The quantitative estimate of drug-likeness (QED) is 0.749. The first kappa shape index (κ1) is 21.5. The number of benzene rings is 2. The average Bonchev–Trinajstić information content (AvgIpc) is 2.70. The molecule has 6 nitrogen and oxygen atoms in total. The summed E-state index contributed by atoms with van der Waals surface area (Å²) in [4.78, 5) is 14.0. The van der Waals surface area contributed by atoms with Crippen LogP contribution in [0.3, 0.4) is 0 Å². The molecule has 0 bridgehead atoms. The maximum atomic E-state index is 13.0. The summed E-state index contributed by atoms with van der Waals surface area (Å²) in [5.41, 5.74) is 2.64. The molecule has 0 aliphatic carbocycles. The maximum Gasteiger partial charge on any atom is 0.243 e. The van der Waals surface area contributed by atoms with Crippen LogP contribution in [0.5, 0.6) is 0 Å². The van der Waals surface area contributed by atoms with E-state index in [2.05, 4.69) is 12.4 Å². The SMILES string of the molecule is Cc1ccccc1CC(=O)Nc1ccc(S(=O)(=O)N(C)C2CC[NH+](C)CC2)cc1. The summed E-state index contributed by atoms with van der Waals surface area (Å²) >= 11 is 0. The van der Waals surface area contributed by atoms with Crippen molar-refractivity contribution in [2.45, 2.75) is 37.1 Å². The largest absolute Gasteiger partial charge is 0.337 e. The number of likely N-dealkylation sites (tertiary alicyclic amines) is 1. The van der Waals surface area contributed by atoms with E-state index in [1.54, 1.807) is 31.3 Å². The minimum absolute atomic E-state index is 0.0391. The molecule has 2 aromatic carbocycles.